The molecule has 0 aliphatic heterocycles. The van der Waals surface area contributed by atoms with Crippen LogP contribution in [0.1, 0.15) is 37.6 Å². The lowest BCUT2D eigenvalue weighted by molar-refractivity contribution is 0.0966. The number of benzene rings is 1. The molecule has 0 aromatic heterocycles. The molecular weight excluding hydrogens is 230 g/mol. The fourth-order valence-electron chi connectivity index (χ4n) is 1.51. The van der Waals surface area contributed by atoms with Crippen LogP contribution in [0.15, 0.2) is 29.2 Å². The van der Waals surface area contributed by atoms with Crippen LogP contribution in [0.25, 0.3) is 0 Å². The third kappa shape index (κ3) is 4.92. The normalized spacial score (nSPS) is 12.8. The number of hydrogen-bond acceptors (Lipinski definition) is 3. The highest BCUT2D eigenvalue weighted by Gasteiger charge is 2.10. The Bertz CT molecular complexity index is 359. The van der Waals surface area contributed by atoms with Crippen molar-refractivity contribution in [1.29, 1.82) is 0 Å². The van der Waals surface area contributed by atoms with Gasteiger partial charge in [0.1, 0.15) is 0 Å². The number of rotatable bonds is 6. The standard InChI is InChI=1S/C14H21NOS/c1-10(2)17-13-6-4-12(5-7-13)14(16)8-11(3)9-15/h4-7,10-11H,8-9,15H2,1-3H3. The summed E-state index contributed by atoms with van der Waals surface area (Å²) < 4.78 is 0. The minimum atomic E-state index is 0.184. The summed E-state index contributed by atoms with van der Waals surface area (Å²) in [4.78, 5) is 13.1. The van der Waals surface area contributed by atoms with Gasteiger partial charge in [-0.1, -0.05) is 32.9 Å². The Morgan fingerprint density at radius 2 is 1.82 bits per heavy atom. The SMILES string of the molecule is CC(CN)CC(=O)c1ccc(SC(C)C)cc1. The highest BCUT2D eigenvalue weighted by Crippen LogP contribution is 2.23. The molecule has 2 nitrogen and oxygen atoms in total. The van der Waals surface area contributed by atoms with E-state index < -0.39 is 0 Å². The summed E-state index contributed by atoms with van der Waals surface area (Å²) in [7, 11) is 0. The summed E-state index contributed by atoms with van der Waals surface area (Å²) in [5.74, 6) is 0.441. The van der Waals surface area contributed by atoms with E-state index >= 15 is 0 Å². The summed E-state index contributed by atoms with van der Waals surface area (Å²) in [5, 5.41) is 0.564. The number of Topliss-reactive ketones (excluding diaryl/α,β-unsaturated/α-hetero) is 1. The highest BCUT2D eigenvalue weighted by atomic mass is 32.2. The largest absolute Gasteiger partial charge is 0.330 e. The molecule has 2 N–H and O–H groups in total. The van der Waals surface area contributed by atoms with Crippen molar-refractivity contribution in [1.82, 2.24) is 0 Å². The predicted molar refractivity (Wildman–Crippen MR) is 74.6 cm³/mol. The second kappa shape index (κ2) is 6.82. The van der Waals surface area contributed by atoms with Gasteiger partial charge in [-0.15, -0.1) is 11.8 Å². The number of thioether (sulfide) groups is 1. The van der Waals surface area contributed by atoms with Gasteiger partial charge in [0.15, 0.2) is 5.78 Å². The van der Waals surface area contributed by atoms with Crippen LogP contribution in [0.5, 0.6) is 0 Å². The van der Waals surface area contributed by atoms with E-state index in [1.54, 1.807) is 11.8 Å². The third-order valence-corrected chi connectivity index (χ3v) is 3.50. The Morgan fingerprint density at radius 1 is 1.24 bits per heavy atom. The van der Waals surface area contributed by atoms with Gasteiger partial charge >= 0.3 is 0 Å². The molecule has 1 atom stereocenters. The maximum Gasteiger partial charge on any atom is 0.163 e. The average Bonchev–Trinajstić information content (AvgIpc) is 2.28. The van der Waals surface area contributed by atoms with Gasteiger partial charge in [0.05, 0.1) is 0 Å². The van der Waals surface area contributed by atoms with Gasteiger partial charge in [0.25, 0.3) is 0 Å². The second-order valence-corrected chi connectivity index (χ2v) is 6.31. The first-order valence-corrected chi connectivity index (χ1v) is 6.91. The molecule has 0 aliphatic carbocycles. The number of carbonyl (C=O) groups excluding carboxylic acids is 1. The maximum absolute atomic E-state index is 11.9. The second-order valence-electron chi connectivity index (χ2n) is 4.66. The van der Waals surface area contributed by atoms with Crippen LogP contribution in [0.4, 0.5) is 0 Å². The summed E-state index contributed by atoms with van der Waals surface area (Å²) in [5.41, 5.74) is 6.31. The van der Waals surface area contributed by atoms with Crippen LogP contribution in [-0.4, -0.2) is 17.6 Å². The Labute approximate surface area is 108 Å². The quantitative estimate of drug-likeness (QED) is 0.623. The van der Waals surface area contributed by atoms with Gasteiger partial charge in [0, 0.05) is 22.1 Å². The van der Waals surface area contributed by atoms with Crippen molar-refractivity contribution >= 4 is 17.5 Å². The highest BCUT2D eigenvalue weighted by molar-refractivity contribution is 7.99. The first-order valence-electron chi connectivity index (χ1n) is 6.03. The molecule has 0 saturated carbocycles. The molecule has 94 valence electrons. The third-order valence-electron chi connectivity index (χ3n) is 2.48. The van der Waals surface area contributed by atoms with Crippen molar-refractivity contribution in [3.05, 3.63) is 29.8 Å². The molecule has 1 aromatic rings. The van der Waals surface area contributed by atoms with Crippen molar-refractivity contribution in [2.24, 2.45) is 11.7 Å². The number of hydrogen-bond donors (Lipinski definition) is 1. The van der Waals surface area contributed by atoms with E-state index in [-0.39, 0.29) is 11.7 Å². The number of nitrogens with two attached hydrogens (primary N) is 1. The first-order chi connectivity index (χ1) is 8.02. The average molecular weight is 251 g/mol. The molecule has 0 amide bonds. The first kappa shape index (κ1) is 14.3. The summed E-state index contributed by atoms with van der Waals surface area (Å²) in [6.07, 6.45) is 0.535. The molecule has 0 spiro atoms. The zero-order valence-electron chi connectivity index (χ0n) is 10.8. The van der Waals surface area contributed by atoms with Crippen LogP contribution >= 0.6 is 11.8 Å². The lowest BCUT2D eigenvalue weighted by atomic mass is 10.00. The fraction of sp³-hybridized carbons (Fsp3) is 0.500. The molecule has 0 fully saturated rings. The van der Waals surface area contributed by atoms with Crippen molar-refractivity contribution < 1.29 is 4.79 Å². The zero-order chi connectivity index (χ0) is 12.8. The van der Waals surface area contributed by atoms with Gasteiger partial charge < -0.3 is 5.73 Å². The molecule has 0 aliphatic rings. The fourth-order valence-corrected chi connectivity index (χ4v) is 2.35. The molecule has 0 saturated heterocycles. The Morgan fingerprint density at radius 3 is 2.29 bits per heavy atom. The van der Waals surface area contributed by atoms with E-state index in [0.717, 1.165) is 5.56 Å². The van der Waals surface area contributed by atoms with Crippen LogP contribution in [0.3, 0.4) is 0 Å². The number of carbonyl (C=O) groups is 1. The molecule has 1 unspecified atom stereocenters. The molecule has 0 radical (unpaired) electrons. The molecule has 17 heavy (non-hydrogen) atoms. The van der Waals surface area contributed by atoms with E-state index in [9.17, 15) is 4.79 Å². The zero-order valence-corrected chi connectivity index (χ0v) is 11.6. The van der Waals surface area contributed by atoms with Crippen LogP contribution in [-0.2, 0) is 0 Å². The molecular formula is C14H21NOS. The van der Waals surface area contributed by atoms with Gasteiger partial charge in [-0.25, -0.2) is 0 Å². The lowest BCUT2D eigenvalue weighted by Crippen LogP contribution is -2.15. The molecule has 1 rings (SSSR count). The molecule has 1 aromatic carbocycles. The van der Waals surface area contributed by atoms with Crippen LogP contribution < -0.4 is 5.73 Å². The Kier molecular flexibility index (Phi) is 5.72. The summed E-state index contributed by atoms with van der Waals surface area (Å²) in [6.45, 7) is 6.88. The van der Waals surface area contributed by atoms with Crippen LogP contribution in [0, 0.1) is 5.92 Å². The van der Waals surface area contributed by atoms with Crippen LogP contribution in [0.2, 0.25) is 0 Å². The van der Waals surface area contributed by atoms with Gasteiger partial charge in [-0.05, 0) is 24.6 Å². The van der Waals surface area contributed by atoms with Crippen molar-refractivity contribution in [2.75, 3.05) is 6.54 Å². The van der Waals surface area contributed by atoms with Crippen molar-refractivity contribution in [3.8, 4) is 0 Å². The van der Waals surface area contributed by atoms with E-state index in [1.807, 2.05) is 31.2 Å². The van der Waals surface area contributed by atoms with E-state index in [2.05, 4.69) is 13.8 Å². The molecule has 0 bridgehead atoms. The van der Waals surface area contributed by atoms with Gasteiger partial charge in [-0.3, -0.25) is 4.79 Å². The number of ketones is 1. The van der Waals surface area contributed by atoms with Gasteiger partial charge in [-0.2, -0.15) is 0 Å². The van der Waals surface area contributed by atoms with Crippen molar-refractivity contribution in [3.63, 3.8) is 0 Å². The minimum Gasteiger partial charge on any atom is -0.330 e. The van der Waals surface area contributed by atoms with E-state index in [4.69, 9.17) is 5.73 Å². The predicted octanol–water partition coefficient (Wildman–Crippen LogP) is 3.35. The summed E-state index contributed by atoms with van der Waals surface area (Å²) in [6, 6.07) is 7.86. The van der Waals surface area contributed by atoms with E-state index in [0.29, 0.717) is 18.2 Å². The Balaban J connectivity index is 2.64. The monoisotopic (exact) mass is 251 g/mol. The lowest BCUT2D eigenvalue weighted by Gasteiger charge is -2.08. The van der Waals surface area contributed by atoms with Gasteiger partial charge in [0.2, 0.25) is 0 Å². The molecule has 3 heteroatoms. The topological polar surface area (TPSA) is 43.1 Å². The minimum absolute atomic E-state index is 0.184. The molecule has 0 heterocycles. The maximum atomic E-state index is 11.9. The Hall–Kier alpha value is -0.800. The smallest absolute Gasteiger partial charge is 0.163 e. The van der Waals surface area contributed by atoms with E-state index in [1.165, 1.54) is 4.90 Å². The van der Waals surface area contributed by atoms with Crippen molar-refractivity contribution in [2.45, 2.75) is 37.3 Å². The summed E-state index contributed by atoms with van der Waals surface area (Å²) >= 11 is 1.81.